The second kappa shape index (κ2) is 15.0. The topological polar surface area (TPSA) is 186 Å². The molecule has 4 heterocycles. The van der Waals surface area contributed by atoms with E-state index in [4.69, 9.17) is 4.52 Å². The van der Waals surface area contributed by atoms with Crippen molar-refractivity contribution in [3.8, 4) is 22.4 Å². The van der Waals surface area contributed by atoms with Gasteiger partial charge >= 0.3 is 0 Å². The molecule has 280 valence electrons. The fraction of sp³-hybridized carbons (Fsp3) is 0.268. The van der Waals surface area contributed by atoms with Gasteiger partial charge in [0.15, 0.2) is 0 Å². The number of carbonyl (C=O) groups excluding carboxylic acids is 4. The van der Waals surface area contributed by atoms with Crippen molar-refractivity contribution in [2.75, 3.05) is 5.32 Å². The first kappa shape index (κ1) is 36.6. The minimum Gasteiger partial charge on any atom is -0.374 e. The molecule has 1 aliphatic heterocycles. The van der Waals surface area contributed by atoms with Crippen molar-refractivity contribution < 1.29 is 23.7 Å². The number of rotatable bonds is 10. The molecule has 14 heteroatoms. The molecule has 0 bridgehead atoms. The van der Waals surface area contributed by atoms with E-state index in [1.54, 1.807) is 16.6 Å². The lowest BCUT2D eigenvalue weighted by Crippen LogP contribution is -2.47. The first-order valence-electron chi connectivity index (χ1n) is 18.0. The number of anilines is 1. The van der Waals surface area contributed by atoms with E-state index >= 15 is 0 Å². The van der Waals surface area contributed by atoms with Crippen molar-refractivity contribution in [3.05, 3.63) is 119 Å². The number of amides is 4. The Morgan fingerprint density at radius 2 is 1.76 bits per heavy atom. The zero-order chi connectivity index (χ0) is 38.9. The zero-order valence-corrected chi connectivity index (χ0v) is 31.1. The lowest BCUT2D eigenvalue weighted by Gasteiger charge is -2.23. The lowest BCUT2D eigenvalue weighted by atomic mass is 9.97. The highest BCUT2D eigenvalue weighted by Gasteiger charge is 2.27. The van der Waals surface area contributed by atoms with Crippen molar-refractivity contribution in [1.29, 1.82) is 0 Å². The molecule has 2 atom stereocenters. The molecule has 4 N–H and O–H groups in total. The Morgan fingerprint density at radius 3 is 2.49 bits per heavy atom. The highest BCUT2D eigenvalue weighted by molar-refractivity contribution is 6.01. The quantitative estimate of drug-likeness (QED) is 0.127. The summed E-state index contributed by atoms with van der Waals surface area (Å²) < 4.78 is 7.03. The van der Waals surface area contributed by atoms with E-state index in [2.05, 4.69) is 41.5 Å². The third kappa shape index (κ3) is 8.12. The number of aromatic nitrogens is 5. The molecule has 6 aromatic rings. The minimum atomic E-state index is -0.496. The van der Waals surface area contributed by atoms with Crippen molar-refractivity contribution in [2.45, 2.75) is 71.5 Å². The van der Waals surface area contributed by atoms with Gasteiger partial charge in [-0.15, -0.1) is 0 Å². The van der Waals surface area contributed by atoms with Crippen LogP contribution in [0.5, 0.6) is 0 Å². The molecule has 1 aliphatic rings. The summed E-state index contributed by atoms with van der Waals surface area (Å²) in [5.74, 6) is -0.836. The normalized spacial score (nSPS) is 15.0. The third-order valence-corrected chi connectivity index (χ3v) is 9.53. The molecule has 0 aliphatic carbocycles. The summed E-state index contributed by atoms with van der Waals surface area (Å²) in [6.45, 7) is 9.99. The number of aryl methyl sites for hydroxylation is 1. The monoisotopic (exact) mass is 739 g/mol. The Kier molecular flexibility index (Phi) is 9.98. The maximum absolute atomic E-state index is 13.3. The lowest BCUT2D eigenvalue weighted by molar-refractivity contribution is -0.133. The van der Waals surface area contributed by atoms with Crippen molar-refractivity contribution in [3.63, 3.8) is 0 Å². The standard InChI is InChI=1S/C41H41N9O5/c1-23-17-28(13-14-29(23)20-42-39(54)36-48-40(55-49-36)41(3,4)5)35-33-19-30(21-50(33)44-22-43-35)25-9-11-26(12-10-25)37(52)45-24(2)27-7-6-8-31(18-27)46-32-15-16-34(51)47-38(32)53/h6-14,17-19,21-22,24,32,46H,15-16,20H2,1-5H3,(H,42,54)(H,45,52)(H,47,51,53)/t24-,32?/m1/s1. The maximum atomic E-state index is 13.3. The summed E-state index contributed by atoms with van der Waals surface area (Å²) in [5.41, 5.74) is 7.95. The number of benzene rings is 3. The number of hydrogen-bond donors (Lipinski definition) is 4. The molecule has 0 radical (unpaired) electrons. The van der Waals surface area contributed by atoms with Crippen LogP contribution in [-0.2, 0) is 21.5 Å². The molecule has 3 aromatic carbocycles. The van der Waals surface area contributed by atoms with Crippen LogP contribution in [0.2, 0.25) is 0 Å². The van der Waals surface area contributed by atoms with Crippen LogP contribution in [0, 0.1) is 6.92 Å². The average molecular weight is 740 g/mol. The van der Waals surface area contributed by atoms with Crippen LogP contribution in [0.3, 0.4) is 0 Å². The average Bonchev–Trinajstić information content (AvgIpc) is 3.85. The van der Waals surface area contributed by atoms with Crippen molar-refractivity contribution in [2.24, 2.45) is 0 Å². The van der Waals surface area contributed by atoms with Crippen molar-refractivity contribution >= 4 is 34.8 Å². The van der Waals surface area contributed by atoms with E-state index in [9.17, 15) is 19.2 Å². The SMILES string of the molecule is Cc1cc(-c2ncnn3cc(-c4ccc(C(=O)N[C@H](C)c5cccc(NC6CCC(=O)NC6=O)c5)cc4)cc23)ccc1CNC(=O)c1noc(C(C)(C)C)n1. The van der Waals surface area contributed by atoms with Crippen LogP contribution >= 0.6 is 0 Å². The van der Waals surface area contributed by atoms with E-state index in [1.807, 2.05) is 101 Å². The van der Waals surface area contributed by atoms with E-state index < -0.39 is 11.9 Å². The molecule has 7 rings (SSSR count). The van der Waals surface area contributed by atoms with Crippen LogP contribution in [0.4, 0.5) is 5.69 Å². The fourth-order valence-electron chi connectivity index (χ4n) is 6.33. The summed E-state index contributed by atoms with van der Waals surface area (Å²) in [5, 5.41) is 19.7. The van der Waals surface area contributed by atoms with Gasteiger partial charge in [-0.05, 0) is 78.9 Å². The predicted molar refractivity (Wildman–Crippen MR) is 205 cm³/mol. The van der Waals surface area contributed by atoms with E-state index in [-0.39, 0.29) is 41.4 Å². The number of nitrogens with zero attached hydrogens (tertiary/aromatic N) is 5. The van der Waals surface area contributed by atoms with Gasteiger partial charge in [0, 0.05) is 47.0 Å². The highest BCUT2D eigenvalue weighted by atomic mass is 16.5. The number of carbonyl (C=O) groups is 4. The van der Waals surface area contributed by atoms with Gasteiger partial charge in [-0.25, -0.2) is 9.50 Å². The molecule has 14 nitrogen and oxygen atoms in total. The molecule has 0 spiro atoms. The largest absolute Gasteiger partial charge is 0.374 e. The van der Waals surface area contributed by atoms with Crippen LogP contribution in [0.15, 0.2) is 89.8 Å². The summed E-state index contributed by atoms with van der Waals surface area (Å²) >= 11 is 0. The van der Waals surface area contributed by atoms with Gasteiger partial charge in [-0.2, -0.15) is 10.1 Å². The molecule has 1 fully saturated rings. The van der Waals surface area contributed by atoms with Crippen LogP contribution in [0.1, 0.15) is 90.1 Å². The first-order valence-corrected chi connectivity index (χ1v) is 18.0. The smallest absolute Gasteiger partial charge is 0.292 e. The van der Waals surface area contributed by atoms with Crippen molar-refractivity contribution in [1.82, 2.24) is 40.7 Å². The van der Waals surface area contributed by atoms with Crippen LogP contribution < -0.4 is 21.3 Å². The summed E-state index contributed by atoms with van der Waals surface area (Å²) in [4.78, 5) is 58.5. The highest BCUT2D eigenvalue weighted by Crippen LogP contribution is 2.30. The van der Waals surface area contributed by atoms with Crippen LogP contribution in [0.25, 0.3) is 27.9 Å². The second-order valence-electron chi connectivity index (χ2n) is 14.7. The van der Waals surface area contributed by atoms with Crippen LogP contribution in [-0.4, -0.2) is 54.4 Å². The molecular formula is C41H41N9O5. The summed E-state index contributed by atoms with van der Waals surface area (Å²) in [7, 11) is 0. The molecule has 4 amide bonds. The van der Waals surface area contributed by atoms with Gasteiger partial charge in [0.05, 0.1) is 17.3 Å². The number of piperidine rings is 1. The van der Waals surface area contributed by atoms with Gasteiger partial charge in [-0.1, -0.05) is 62.3 Å². The minimum absolute atomic E-state index is 0.000184. The van der Waals surface area contributed by atoms with Gasteiger partial charge < -0.3 is 20.5 Å². The maximum Gasteiger partial charge on any atom is 0.292 e. The number of imide groups is 1. The molecule has 1 saturated heterocycles. The molecule has 55 heavy (non-hydrogen) atoms. The molecule has 3 aromatic heterocycles. The van der Waals surface area contributed by atoms with E-state index in [1.165, 1.54) is 6.33 Å². The zero-order valence-electron chi connectivity index (χ0n) is 31.1. The first-order chi connectivity index (χ1) is 26.3. The van der Waals surface area contributed by atoms with E-state index in [0.717, 1.165) is 50.3 Å². The Hall–Kier alpha value is -6.70. The van der Waals surface area contributed by atoms with Gasteiger partial charge in [-0.3, -0.25) is 24.5 Å². The van der Waals surface area contributed by atoms with Gasteiger partial charge in [0.2, 0.25) is 17.7 Å². The fourth-order valence-corrected chi connectivity index (χ4v) is 6.33. The van der Waals surface area contributed by atoms with Gasteiger partial charge in [0.25, 0.3) is 17.6 Å². The van der Waals surface area contributed by atoms with Gasteiger partial charge in [0.1, 0.15) is 12.4 Å². The molecular weight excluding hydrogens is 699 g/mol. The number of hydrogen-bond acceptors (Lipinski definition) is 10. The Balaban J connectivity index is 0.999. The predicted octanol–water partition coefficient (Wildman–Crippen LogP) is 5.69. The molecule has 1 unspecified atom stereocenters. The summed E-state index contributed by atoms with van der Waals surface area (Å²) in [6, 6.07) is 22.1. The Bertz CT molecular complexity index is 2430. The Morgan fingerprint density at radius 1 is 0.982 bits per heavy atom. The summed E-state index contributed by atoms with van der Waals surface area (Å²) in [6.07, 6.45) is 4.15. The number of fused-ring (bicyclic) bond motifs is 1. The molecule has 0 saturated carbocycles. The number of nitrogens with one attached hydrogen (secondary N) is 4. The third-order valence-electron chi connectivity index (χ3n) is 9.53. The van der Waals surface area contributed by atoms with E-state index in [0.29, 0.717) is 24.4 Å². The Labute approximate surface area is 317 Å². The second-order valence-corrected chi connectivity index (χ2v) is 14.7.